The highest BCUT2D eigenvalue weighted by Crippen LogP contribution is 2.31. The number of nitrogens with two attached hydrogens (primary N) is 1. The number of aryl methyl sites for hydroxylation is 2. The summed E-state index contributed by atoms with van der Waals surface area (Å²) in [5.41, 5.74) is 8.23. The van der Waals surface area contributed by atoms with E-state index >= 15 is 0 Å². The van der Waals surface area contributed by atoms with E-state index in [-0.39, 0.29) is 36.8 Å². The van der Waals surface area contributed by atoms with E-state index < -0.39 is 0 Å². The molecule has 0 heterocycles. The largest absolute Gasteiger partial charge is 0.353 e. The normalized spacial score (nSPS) is 14.5. The second-order valence-electron chi connectivity index (χ2n) is 6.07. The van der Waals surface area contributed by atoms with E-state index in [9.17, 15) is 9.59 Å². The van der Waals surface area contributed by atoms with Gasteiger partial charge >= 0.3 is 0 Å². The molecule has 5 nitrogen and oxygen atoms in total. The van der Waals surface area contributed by atoms with E-state index in [1.54, 1.807) is 0 Å². The smallest absolute Gasteiger partial charge is 0.239 e. The van der Waals surface area contributed by atoms with Gasteiger partial charge in [0.05, 0.1) is 6.54 Å². The maximum absolute atomic E-state index is 11.7. The van der Waals surface area contributed by atoms with Crippen molar-refractivity contribution in [1.82, 2.24) is 10.6 Å². The lowest BCUT2D eigenvalue weighted by atomic mass is 10.1. The third kappa shape index (κ3) is 7.48. The van der Waals surface area contributed by atoms with Crippen molar-refractivity contribution in [2.24, 2.45) is 11.7 Å². The zero-order valence-electron chi connectivity index (χ0n) is 13.5. The summed E-state index contributed by atoms with van der Waals surface area (Å²) < 4.78 is 0. The Balaban J connectivity index is 0.00000264. The lowest BCUT2D eigenvalue weighted by molar-refractivity contribution is -0.126. The molecule has 1 aliphatic rings. The van der Waals surface area contributed by atoms with Crippen molar-refractivity contribution in [3.8, 4) is 0 Å². The van der Waals surface area contributed by atoms with E-state index in [1.165, 1.54) is 5.56 Å². The number of hydrogen-bond donors (Lipinski definition) is 3. The molecule has 2 amide bonds. The highest BCUT2D eigenvalue weighted by molar-refractivity contribution is 5.85. The van der Waals surface area contributed by atoms with Crippen LogP contribution in [0.4, 0.5) is 0 Å². The predicted octanol–water partition coefficient (Wildman–Crippen LogP) is 1.32. The van der Waals surface area contributed by atoms with Crippen LogP contribution >= 0.6 is 12.4 Å². The average Bonchev–Trinajstić information content (AvgIpc) is 3.35. The van der Waals surface area contributed by atoms with Crippen molar-refractivity contribution in [1.29, 1.82) is 0 Å². The summed E-state index contributed by atoms with van der Waals surface area (Å²) in [5.74, 6) is 0.270. The number of benzene rings is 1. The van der Waals surface area contributed by atoms with Crippen LogP contribution in [0, 0.1) is 12.8 Å². The molecule has 0 bridgehead atoms. The van der Waals surface area contributed by atoms with Gasteiger partial charge in [0.2, 0.25) is 11.8 Å². The summed E-state index contributed by atoms with van der Waals surface area (Å²) in [6, 6.07) is 8.15. The number of halogens is 1. The average molecular weight is 340 g/mol. The molecule has 1 unspecified atom stereocenters. The predicted molar refractivity (Wildman–Crippen MR) is 93.5 cm³/mol. The fourth-order valence-electron chi connectivity index (χ4n) is 2.27. The molecule has 1 aromatic rings. The van der Waals surface area contributed by atoms with E-state index in [4.69, 9.17) is 5.73 Å². The summed E-state index contributed by atoms with van der Waals surface area (Å²) >= 11 is 0. The summed E-state index contributed by atoms with van der Waals surface area (Å²) in [7, 11) is 0. The topological polar surface area (TPSA) is 84.2 Å². The van der Waals surface area contributed by atoms with Crippen molar-refractivity contribution in [2.75, 3.05) is 13.1 Å². The zero-order chi connectivity index (χ0) is 15.9. The molecule has 2 rings (SSSR count). The molecular formula is C17H26ClN3O2. The third-order valence-electron chi connectivity index (χ3n) is 3.97. The molecule has 1 atom stereocenters. The first-order valence-corrected chi connectivity index (χ1v) is 7.89. The van der Waals surface area contributed by atoms with Crippen LogP contribution in [0.3, 0.4) is 0 Å². The number of carbonyl (C=O) groups is 2. The highest BCUT2D eigenvalue weighted by Gasteiger charge is 2.28. The first-order chi connectivity index (χ1) is 10.5. The lowest BCUT2D eigenvalue weighted by Crippen LogP contribution is -2.43. The van der Waals surface area contributed by atoms with Gasteiger partial charge in [0.1, 0.15) is 0 Å². The fraction of sp³-hybridized carbons (Fsp3) is 0.529. The second-order valence-corrected chi connectivity index (χ2v) is 6.07. The molecule has 1 fully saturated rings. The van der Waals surface area contributed by atoms with Crippen molar-refractivity contribution >= 4 is 24.2 Å². The molecule has 6 heteroatoms. The van der Waals surface area contributed by atoms with Crippen LogP contribution in [0.1, 0.15) is 30.4 Å². The monoisotopic (exact) mass is 339 g/mol. The minimum atomic E-state index is -0.181. The van der Waals surface area contributed by atoms with E-state index in [0.717, 1.165) is 18.4 Å². The third-order valence-corrected chi connectivity index (χ3v) is 3.97. The summed E-state index contributed by atoms with van der Waals surface area (Å²) in [4.78, 5) is 23.4. The Bertz CT molecular complexity index is 515. The molecule has 0 aromatic heterocycles. The first-order valence-electron chi connectivity index (χ1n) is 7.89. The van der Waals surface area contributed by atoms with Gasteiger partial charge in [0.25, 0.3) is 0 Å². The molecule has 23 heavy (non-hydrogen) atoms. The van der Waals surface area contributed by atoms with Crippen molar-refractivity contribution in [3.05, 3.63) is 35.4 Å². The number of hydrogen-bond acceptors (Lipinski definition) is 3. The van der Waals surface area contributed by atoms with E-state index in [1.807, 2.05) is 31.2 Å². The van der Waals surface area contributed by atoms with E-state index in [2.05, 4.69) is 10.6 Å². The zero-order valence-corrected chi connectivity index (χ0v) is 14.3. The number of nitrogens with one attached hydrogen (secondary N) is 2. The van der Waals surface area contributed by atoms with Crippen molar-refractivity contribution in [2.45, 2.75) is 38.6 Å². The number of rotatable bonds is 8. The molecule has 0 aliphatic heterocycles. The molecule has 0 spiro atoms. The molecule has 0 radical (unpaired) electrons. The Hall–Kier alpha value is -1.59. The fourth-order valence-corrected chi connectivity index (χ4v) is 2.27. The van der Waals surface area contributed by atoms with Gasteiger partial charge < -0.3 is 16.4 Å². The first kappa shape index (κ1) is 19.5. The van der Waals surface area contributed by atoms with Gasteiger partial charge in [-0.05, 0) is 37.7 Å². The number of carbonyl (C=O) groups excluding carboxylic acids is 2. The molecule has 0 saturated heterocycles. The van der Waals surface area contributed by atoms with Gasteiger partial charge in [-0.2, -0.15) is 0 Å². The van der Waals surface area contributed by atoms with Crippen LogP contribution in [0.15, 0.2) is 24.3 Å². The standard InChI is InChI=1S/C17H25N3O2.ClH/c1-12-2-4-13(5-3-12)6-9-16(21)20-11-17(22)19-10-15(18)14-7-8-14;/h2-5,14-15H,6-11,18H2,1H3,(H,19,22)(H,20,21);1H. The maximum atomic E-state index is 11.7. The van der Waals surface area contributed by atoms with Crippen LogP contribution < -0.4 is 16.4 Å². The molecule has 128 valence electrons. The van der Waals surface area contributed by atoms with Gasteiger partial charge in [0.15, 0.2) is 0 Å². The Morgan fingerprint density at radius 2 is 1.83 bits per heavy atom. The van der Waals surface area contributed by atoms with Gasteiger partial charge in [-0.3, -0.25) is 9.59 Å². The lowest BCUT2D eigenvalue weighted by Gasteiger charge is -2.12. The summed E-state index contributed by atoms with van der Waals surface area (Å²) in [5, 5.41) is 5.40. The van der Waals surface area contributed by atoms with Crippen molar-refractivity contribution < 1.29 is 9.59 Å². The Kier molecular flexibility index (Phi) is 8.06. The quantitative estimate of drug-likeness (QED) is 0.668. The van der Waals surface area contributed by atoms with Crippen LogP contribution in [0.5, 0.6) is 0 Å². The minimum absolute atomic E-state index is 0. The number of amides is 2. The Morgan fingerprint density at radius 1 is 1.17 bits per heavy atom. The molecule has 1 saturated carbocycles. The Labute approximate surface area is 143 Å². The second kappa shape index (κ2) is 9.53. The minimum Gasteiger partial charge on any atom is -0.353 e. The van der Waals surface area contributed by atoms with Gasteiger partial charge in [-0.25, -0.2) is 0 Å². The van der Waals surface area contributed by atoms with Crippen LogP contribution in [0.25, 0.3) is 0 Å². The Morgan fingerprint density at radius 3 is 2.43 bits per heavy atom. The molecule has 1 aromatic carbocycles. The van der Waals surface area contributed by atoms with E-state index in [0.29, 0.717) is 25.3 Å². The SMILES string of the molecule is Cc1ccc(CCC(=O)NCC(=O)NCC(N)C2CC2)cc1.Cl. The van der Waals surface area contributed by atoms with Crippen LogP contribution in [-0.4, -0.2) is 30.9 Å². The molecular weight excluding hydrogens is 314 g/mol. The molecule has 1 aliphatic carbocycles. The summed E-state index contributed by atoms with van der Waals surface area (Å²) in [6.07, 6.45) is 3.39. The van der Waals surface area contributed by atoms with Crippen molar-refractivity contribution in [3.63, 3.8) is 0 Å². The molecule has 4 N–H and O–H groups in total. The van der Waals surface area contributed by atoms with Gasteiger partial charge in [-0.15, -0.1) is 12.4 Å². The maximum Gasteiger partial charge on any atom is 0.239 e. The van der Waals surface area contributed by atoms with Gasteiger partial charge in [0, 0.05) is 19.0 Å². The highest BCUT2D eigenvalue weighted by atomic mass is 35.5. The summed E-state index contributed by atoms with van der Waals surface area (Å²) in [6.45, 7) is 2.54. The van der Waals surface area contributed by atoms with Crippen LogP contribution in [-0.2, 0) is 16.0 Å². The van der Waals surface area contributed by atoms with Gasteiger partial charge in [-0.1, -0.05) is 29.8 Å². The van der Waals surface area contributed by atoms with Crippen LogP contribution in [0.2, 0.25) is 0 Å².